The lowest BCUT2D eigenvalue weighted by atomic mass is 10.1. The predicted octanol–water partition coefficient (Wildman–Crippen LogP) is 2.72. The minimum atomic E-state index is 0.698. The van der Waals surface area contributed by atoms with Crippen molar-refractivity contribution in [1.29, 1.82) is 0 Å². The van der Waals surface area contributed by atoms with Gasteiger partial charge in [-0.3, -0.25) is 9.88 Å². The average Bonchev–Trinajstić information content (AvgIpc) is 2.94. The Kier molecular flexibility index (Phi) is 4.46. The van der Waals surface area contributed by atoms with E-state index in [-0.39, 0.29) is 0 Å². The largest absolute Gasteiger partial charge is 0.370 e. The molecule has 1 atom stereocenters. The van der Waals surface area contributed by atoms with Crippen LogP contribution in [-0.2, 0) is 6.54 Å². The van der Waals surface area contributed by atoms with Crippen LogP contribution in [0.3, 0.4) is 0 Å². The number of hydrogen-bond donors (Lipinski definition) is 1. The molecule has 1 unspecified atom stereocenters. The van der Waals surface area contributed by atoms with E-state index < -0.39 is 0 Å². The Balaban J connectivity index is 1.46. The second-order valence-corrected chi connectivity index (χ2v) is 5.85. The van der Waals surface area contributed by atoms with Crippen molar-refractivity contribution in [2.45, 2.75) is 19.9 Å². The molecule has 0 saturated carbocycles. The highest BCUT2D eigenvalue weighted by molar-refractivity contribution is 5.36. The van der Waals surface area contributed by atoms with Crippen molar-refractivity contribution in [1.82, 2.24) is 14.9 Å². The number of pyridine rings is 2. The van der Waals surface area contributed by atoms with E-state index in [9.17, 15) is 0 Å². The van der Waals surface area contributed by atoms with Gasteiger partial charge in [0.2, 0.25) is 0 Å². The molecule has 1 saturated heterocycles. The summed E-state index contributed by atoms with van der Waals surface area (Å²) in [5.41, 5.74) is 2.54. The van der Waals surface area contributed by atoms with E-state index in [4.69, 9.17) is 0 Å². The molecule has 110 valence electrons. The molecule has 3 rings (SSSR count). The van der Waals surface area contributed by atoms with Crippen LogP contribution in [0.1, 0.15) is 17.5 Å². The van der Waals surface area contributed by atoms with Crippen molar-refractivity contribution in [2.75, 3.05) is 25.0 Å². The summed E-state index contributed by atoms with van der Waals surface area (Å²) in [6, 6.07) is 8.28. The Hall–Kier alpha value is -1.94. The van der Waals surface area contributed by atoms with E-state index in [0.29, 0.717) is 5.92 Å². The molecule has 0 aliphatic carbocycles. The van der Waals surface area contributed by atoms with Gasteiger partial charge in [-0.1, -0.05) is 6.07 Å². The Morgan fingerprint density at radius 3 is 3.10 bits per heavy atom. The number of hydrogen-bond acceptors (Lipinski definition) is 4. The van der Waals surface area contributed by atoms with Gasteiger partial charge >= 0.3 is 0 Å². The second kappa shape index (κ2) is 6.68. The van der Waals surface area contributed by atoms with E-state index in [2.05, 4.69) is 39.2 Å². The lowest BCUT2D eigenvalue weighted by Gasteiger charge is -2.16. The molecule has 0 radical (unpaired) electrons. The predicted molar refractivity (Wildman–Crippen MR) is 85.1 cm³/mol. The van der Waals surface area contributed by atoms with Gasteiger partial charge in [-0.15, -0.1) is 0 Å². The summed E-state index contributed by atoms with van der Waals surface area (Å²) in [5.74, 6) is 1.68. The van der Waals surface area contributed by atoms with E-state index in [0.717, 1.165) is 25.5 Å². The maximum absolute atomic E-state index is 4.35. The van der Waals surface area contributed by atoms with Gasteiger partial charge in [0.05, 0.1) is 0 Å². The number of rotatable bonds is 5. The molecule has 1 N–H and O–H groups in total. The van der Waals surface area contributed by atoms with Gasteiger partial charge in [0.25, 0.3) is 0 Å². The first kappa shape index (κ1) is 14.0. The van der Waals surface area contributed by atoms with Crippen LogP contribution in [0.2, 0.25) is 0 Å². The summed E-state index contributed by atoms with van der Waals surface area (Å²) in [6.45, 7) is 6.42. The van der Waals surface area contributed by atoms with Crippen LogP contribution in [0, 0.1) is 12.8 Å². The van der Waals surface area contributed by atoms with Crippen LogP contribution in [0.4, 0.5) is 5.82 Å². The topological polar surface area (TPSA) is 41.1 Å². The maximum Gasteiger partial charge on any atom is 0.126 e. The molecule has 1 aliphatic rings. The third-order valence-corrected chi connectivity index (χ3v) is 3.99. The van der Waals surface area contributed by atoms with E-state index in [1.165, 1.54) is 24.1 Å². The van der Waals surface area contributed by atoms with Gasteiger partial charge in [-0.25, -0.2) is 4.98 Å². The molecule has 0 spiro atoms. The summed E-state index contributed by atoms with van der Waals surface area (Å²) in [6.07, 6.45) is 6.90. The highest BCUT2D eigenvalue weighted by Gasteiger charge is 2.22. The first-order valence-electron chi connectivity index (χ1n) is 7.57. The van der Waals surface area contributed by atoms with E-state index in [1.54, 1.807) is 0 Å². The normalized spacial score (nSPS) is 18.8. The molecule has 0 bridgehead atoms. The van der Waals surface area contributed by atoms with Crippen molar-refractivity contribution < 1.29 is 0 Å². The molecular weight excluding hydrogens is 260 g/mol. The zero-order chi connectivity index (χ0) is 14.5. The molecule has 0 amide bonds. The molecule has 21 heavy (non-hydrogen) atoms. The summed E-state index contributed by atoms with van der Waals surface area (Å²) >= 11 is 0. The monoisotopic (exact) mass is 282 g/mol. The summed E-state index contributed by atoms with van der Waals surface area (Å²) in [4.78, 5) is 11.0. The zero-order valence-electron chi connectivity index (χ0n) is 12.5. The van der Waals surface area contributed by atoms with Gasteiger partial charge in [-0.05, 0) is 55.1 Å². The van der Waals surface area contributed by atoms with Gasteiger partial charge in [0.1, 0.15) is 5.82 Å². The van der Waals surface area contributed by atoms with Crippen LogP contribution < -0.4 is 5.32 Å². The van der Waals surface area contributed by atoms with Crippen LogP contribution in [-0.4, -0.2) is 34.5 Å². The van der Waals surface area contributed by atoms with Gasteiger partial charge in [-0.2, -0.15) is 0 Å². The fourth-order valence-electron chi connectivity index (χ4n) is 2.85. The Morgan fingerprint density at radius 1 is 1.33 bits per heavy atom. The molecule has 4 heteroatoms. The number of nitrogens with zero attached hydrogens (tertiary/aromatic N) is 3. The number of aryl methyl sites for hydroxylation is 1. The van der Waals surface area contributed by atoms with Crippen molar-refractivity contribution >= 4 is 5.82 Å². The lowest BCUT2D eigenvalue weighted by molar-refractivity contribution is 0.318. The van der Waals surface area contributed by atoms with Crippen molar-refractivity contribution in [3.63, 3.8) is 0 Å². The minimum absolute atomic E-state index is 0.698. The summed E-state index contributed by atoms with van der Waals surface area (Å²) in [7, 11) is 0. The molecule has 2 aromatic heterocycles. The van der Waals surface area contributed by atoms with Crippen LogP contribution in [0.15, 0.2) is 42.9 Å². The smallest absolute Gasteiger partial charge is 0.126 e. The standard InChI is InChI=1S/C17H22N4/c1-14-4-7-19-17(9-14)20-11-16-5-8-21(13-16)12-15-3-2-6-18-10-15/h2-4,6-7,9-10,16H,5,8,11-13H2,1H3,(H,19,20). The SMILES string of the molecule is Cc1ccnc(NCC2CCN(Cc3cccnc3)C2)c1. The van der Waals surface area contributed by atoms with Gasteiger partial charge in [0, 0.05) is 38.2 Å². The highest BCUT2D eigenvalue weighted by Crippen LogP contribution is 2.19. The third-order valence-electron chi connectivity index (χ3n) is 3.99. The summed E-state index contributed by atoms with van der Waals surface area (Å²) < 4.78 is 0. The minimum Gasteiger partial charge on any atom is -0.370 e. The van der Waals surface area contributed by atoms with Crippen molar-refractivity contribution in [3.05, 3.63) is 54.0 Å². The van der Waals surface area contributed by atoms with Gasteiger partial charge in [0.15, 0.2) is 0 Å². The Labute approximate surface area is 126 Å². The Bertz CT molecular complexity index is 570. The average molecular weight is 282 g/mol. The first-order valence-corrected chi connectivity index (χ1v) is 7.57. The van der Waals surface area contributed by atoms with E-state index in [1.807, 2.05) is 30.7 Å². The molecular formula is C17H22N4. The molecule has 3 heterocycles. The molecule has 1 aliphatic heterocycles. The second-order valence-electron chi connectivity index (χ2n) is 5.85. The third kappa shape index (κ3) is 4.02. The van der Waals surface area contributed by atoms with Crippen LogP contribution in [0.5, 0.6) is 0 Å². The number of nitrogens with one attached hydrogen (secondary N) is 1. The van der Waals surface area contributed by atoms with Crippen molar-refractivity contribution in [2.24, 2.45) is 5.92 Å². The summed E-state index contributed by atoms with van der Waals surface area (Å²) in [5, 5.41) is 3.46. The number of aromatic nitrogens is 2. The van der Waals surface area contributed by atoms with Gasteiger partial charge < -0.3 is 5.32 Å². The van der Waals surface area contributed by atoms with Crippen LogP contribution >= 0.6 is 0 Å². The first-order chi connectivity index (χ1) is 10.3. The zero-order valence-corrected chi connectivity index (χ0v) is 12.5. The maximum atomic E-state index is 4.35. The molecule has 4 nitrogen and oxygen atoms in total. The highest BCUT2D eigenvalue weighted by atomic mass is 15.2. The quantitative estimate of drug-likeness (QED) is 0.915. The molecule has 2 aromatic rings. The molecule has 1 fully saturated rings. The number of anilines is 1. The van der Waals surface area contributed by atoms with E-state index >= 15 is 0 Å². The van der Waals surface area contributed by atoms with Crippen molar-refractivity contribution in [3.8, 4) is 0 Å². The fraction of sp³-hybridized carbons (Fsp3) is 0.412. The molecule has 0 aromatic carbocycles. The Morgan fingerprint density at radius 2 is 2.29 bits per heavy atom. The van der Waals surface area contributed by atoms with Crippen LogP contribution in [0.25, 0.3) is 0 Å². The number of likely N-dealkylation sites (tertiary alicyclic amines) is 1. The lowest BCUT2D eigenvalue weighted by Crippen LogP contribution is -2.22. The fourth-order valence-corrected chi connectivity index (χ4v) is 2.85.